The number of halogens is 1. The Hall–Kier alpha value is 2.65. The molecule has 0 heterocycles. The standard InChI is InChI=1S/Al.Cr.FH.K.H4O4Si.H2O.4H/c;;;;1-5(2,3)4;;;;;/h;;1H;;1-4H;1H2;;;;. The van der Waals surface area contributed by atoms with Gasteiger partial charge in [0, 0.05) is 17.4 Å². The molecule has 0 aromatic carbocycles. The van der Waals surface area contributed by atoms with Gasteiger partial charge < -0.3 is 24.7 Å². The second kappa shape index (κ2) is 17.7. The fraction of sp³-hybridized carbons (Fsp3) is 0. The zero-order chi connectivity index (χ0) is 4.50. The van der Waals surface area contributed by atoms with E-state index in [1.165, 1.54) is 0 Å². The Labute approximate surface area is 122 Å². The van der Waals surface area contributed by atoms with Crippen LogP contribution in [0.1, 0.15) is 0 Å². The van der Waals surface area contributed by atoms with E-state index in [9.17, 15) is 0 Å². The van der Waals surface area contributed by atoms with Crippen LogP contribution in [0.3, 0.4) is 0 Å². The molecule has 0 aliphatic carbocycles. The van der Waals surface area contributed by atoms with E-state index in [2.05, 4.69) is 0 Å². The second-order valence-electron chi connectivity index (χ2n) is 0.600. The van der Waals surface area contributed by atoms with E-state index in [4.69, 9.17) is 19.2 Å². The van der Waals surface area contributed by atoms with Crippen molar-refractivity contribution in [2.24, 2.45) is 0 Å². The van der Waals surface area contributed by atoms with Crippen LogP contribution in [0, 0.1) is 0 Å². The van der Waals surface area contributed by atoms with Gasteiger partial charge in [-0.15, -0.1) is 0 Å². The van der Waals surface area contributed by atoms with Crippen molar-refractivity contribution in [3.05, 3.63) is 0 Å². The van der Waals surface area contributed by atoms with Gasteiger partial charge in [0.05, 0.1) is 0 Å². The fourth-order valence-corrected chi connectivity index (χ4v) is 0. The summed E-state index contributed by atoms with van der Waals surface area (Å²) in [5, 5.41) is 0. The van der Waals surface area contributed by atoms with Crippen LogP contribution >= 0.6 is 0 Å². The summed E-state index contributed by atoms with van der Waals surface area (Å²) >= 11 is 0. The molecule has 6 N–H and O–H groups in total. The van der Waals surface area contributed by atoms with Crippen molar-refractivity contribution in [3.8, 4) is 0 Å². The Balaban J connectivity index is -0.00000000800. The van der Waals surface area contributed by atoms with Gasteiger partial charge in [-0.25, -0.2) is 0 Å². The molecule has 0 fully saturated rings. The first-order chi connectivity index (χ1) is 2.00. The second-order valence-corrected chi connectivity index (χ2v) is 1.80. The van der Waals surface area contributed by atoms with E-state index in [0.29, 0.717) is 0 Å². The van der Waals surface area contributed by atoms with E-state index in [1.807, 2.05) is 0 Å². The number of hydrogen-bond donors (Lipinski definition) is 4. The van der Waals surface area contributed by atoms with Gasteiger partial charge >= 0.3 is 60.4 Å². The van der Waals surface area contributed by atoms with Gasteiger partial charge in [-0.05, 0) is 0 Å². The molecule has 10 heavy (non-hydrogen) atoms. The number of hydrogen-bond acceptors (Lipinski definition) is 4. The predicted octanol–water partition coefficient (Wildman–Crippen LogP) is -5.12. The van der Waals surface area contributed by atoms with Gasteiger partial charge in [-0.1, -0.05) is 0 Å². The van der Waals surface area contributed by atoms with Crippen LogP contribution in [-0.4, -0.2) is 102 Å². The molecule has 10 heteroatoms. The molecule has 0 saturated carbocycles. The van der Waals surface area contributed by atoms with Gasteiger partial charge in [-0.2, -0.15) is 0 Å². The summed E-state index contributed by atoms with van der Waals surface area (Å²) in [5.74, 6) is 0. The summed E-state index contributed by atoms with van der Waals surface area (Å²) < 4.78 is 0. The fourth-order valence-electron chi connectivity index (χ4n) is 0. The van der Waals surface area contributed by atoms with Crippen molar-refractivity contribution in [1.29, 1.82) is 0 Å². The predicted molar refractivity (Wildman–Crippen MR) is 37.8 cm³/mol. The zero-order valence-corrected chi connectivity index (χ0v) is 5.88. The molecule has 0 aromatic rings. The quantitative estimate of drug-likeness (QED) is 0.325. The Kier molecular flexibility index (Phi) is 68.6. The molecule has 0 saturated heterocycles. The van der Waals surface area contributed by atoms with E-state index < -0.39 is 9.05 Å². The molecule has 0 bridgehead atoms. The Morgan fingerprint density at radius 1 is 0.900 bits per heavy atom. The molecule has 0 unspecified atom stereocenters. The van der Waals surface area contributed by atoms with Crippen LogP contribution in [-0.2, 0) is 17.4 Å². The third kappa shape index (κ3) is 141. The van der Waals surface area contributed by atoms with Gasteiger partial charge in [-0.3, -0.25) is 4.70 Å². The molecule has 62 valence electrons. The minimum atomic E-state index is -4.61. The van der Waals surface area contributed by atoms with Crippen LogP contribution in [0.4, 0.5) is 4.70 Å². The van der Waals surface area contributed by atoms with Crippen LogP contribution in [0.5, 0.6) is 0 Å². The van der Waals surface area contributed by atoms with E-state index in [1.54, 1.807) is 0 Å². The van der Waals surface area contributed by atoms with Gasteiger partial charge in [0.25, 0.3) is 0 Å². The van der Waals surface area contributed by atoms with Gasteiger partial charge in [0.15, 0.2) is 17.4 Å². The molecule has 0 aliphatic heterocycles. The zero-order valence-electron chi connectivity index (χ0n) is 3.61. The number of rotatable bonds is 0. The monoisotopic (exact) mass is 256 g/mol. The maximum atomic E-state index is 7.33. The normalized spacial score (nSPS) is 6.00. The summed E-state index contributed by atoms with van der Waals surface area (Å²) in [6, 6.07) is 0. The summed E-state index contributed by atoms with van der Waals surface area (Å²) in [7, 11) is -4.61. The van der Waals surface area contributed by atoms with Crippen molar-refractivity contribution in [3.63, 3.8) is 0 Å². The molecule has 5 nitrogen and oxygen atoms in total. The Bertz CT molecular complexity index is 37.1. The Morgan fingerprint density at radius 3 is 0.900 bits per heavy atom. The average Bonchev–Trinajstić information content (AvgIpc) is 0.722. The van der Waals surface area contributed by atoms with Crippen molar-refractivity contribution >= 4 is 77.8 Å². The van der Waals surface area contributed by atoms with Crippen LogP contribution in [0.25, 0.3) is 0 Å². The first kappa shape index (κ1) is 38.8. The summed E-state index contributed by atoms with van der Waals surface area (Å²) in [5.41, 5.74) is 0. The Morgan fingerprint density at radius 2 is 0.900 bits per heavy atom. The molecule has 0 aliphatic rings. The third-order valence-electron chi connectivity index (χ3n) is 0. The average molecular weight is 256 g/mol. The summed E-state index contributed by atoms with van der Waals surface area (Å²) in [4.78, 5) is 29.3. The molecule has 0 aromatic heterocycles. The van der Waals surface area contributed by atoms with Crippen molar-refractivity contribution < 1.29 is 46.7 Å². The molecule has 0 atom stereocenters. The van der Waals surface area contributed by atoms with E-state index in [0.717, 1.165) is 0 Å². The summed E-state index contributed by atoms with van der Waals surface area (Å²) in [6.45, 7) is 0. The van der Waals surface area contributed by atoms with Gasteiger partial charge in [0.1, 0.15) is 0 Å². The van der Waals surface area contributed by atoms with Crippen LogP contribution in [0.15, 0.2) is 0 Å². The molecule has 0 amide bonds. The first-order valence-electron chi connectivity index (χ1n) is 0.894. The minimum absolute atomic E-state index is 0. The molecule has 0 spiro atoms. The first-order valence-corrected chi connectivity index (χ1v) is 2.68. The van der Waals surface area contributed by atoms with Crippen molar-refractivity contribution in [1.82, 2.24) is 0 Å². The maximum absolute atomic E-state index is 7.33. The summed E-state index contributed by atoms with van der Waals surface area (Å²) in [6.07, 6.45) is 0. The molecule has 0 radical (unpaired) electrons. The van der Waals surface area contributed by atoms with Gasteiger partial charge in [0.2, 0.25) is 0 Å². The topological polar surface area (TPSA) is 112 Å². The molecular formula is H11AlCrFKO5Si. The van der Waals surface area contributed by atoms with E-state index >= 15 is 0 Å². The SMILES string of the molecule is F.O.O[Si](O)(O)O.[AlH3].[Cr].[KH]. The molecular weight excluding hydrogens is 245 g/mol. The third-order valence-corrected chi connectivity index (χ3v) is 0. The molecule has 0 rings (SSSR count). The van der Waals surface area contributed by atoms with Crippen LogP contribution < -0.4 is 0 Å². The van der Waals surface area contributed by atoms with Crippen molar-refractivity contribution in [2.45, 2.75) is 0 Å². The van der Waals surface area contributed by atoms with Crippen molar-refractivity contribution in [2.75, 3.05) is 0 Å². The van der Waals surface area contributed by atoms with E-state index in [-0.39, 0.29) is 96.3 Å². The van der Waals surface area contributed by atoms with Crippen LogP contribution in [0.2, 0.25) is 0 Å².